The van der Waals surface area contributed by atoms with Gasteiger partial charge < -0.3 is 10.3 Å². The molecule has 3 rings (SSSR count). The Balaban J connectivity index is 1.83. The minimum absolute atomic E-state index is 0.0639. The van der Waals surface area contributed by atoms with Crippen molar-refractivity contribution in [1.29, 1.82) is 0 Å². The van der Waals surface area contributed by atoms with Crippen LogP contribution in [-0.2, 0) is 10.0 Å². The first-order valence-corrected chi connectivity index (χ1v) is 10.2. The predicted octanol–water partition coefficient (Wildman–Crippen LogP) is 2.72. The van der Waals surface area contributed by atoms with Gasteiger partial charge in [-0.15, -0.1) is 0 Å². The highest BCUT2D eigenvalue weighted by molar-refractivity contribution is 7.89. The number of nitrogens with zero attached hydrogens (tertiary/aromatic N) is 3. The van der Waals surface area contributed by atoms with E-state index >= 15 is 0 Å². The van der Waals surface area contributed by atoms with Gasteiger partial charge in [-0.05, 0) is 31.2 Å². The fourth-order valence-electron chi connectivity index (χ4n) is 2.79. The van der Waals surface area contributed by atoms with E-state index in [9.17, 15) is 13.2 Å². The van der Waals surface area contributed by atoms with Gasteiger partial charge in [-0.25, -0.2) is 22.5 Å². The minimum Gasteiger partial charge on any atom is -0.340 e. The number of amides is 2. The van der Waals surface area contributed by atoms with E-state index in [4.69, 9.17) is 0 Å². The number of carbonyl (C=O) groups excluding carboxylic acids is 1. The lowest BCUT2D eigenvalue weighted by Crippen LogP contribution is -2.40. The van der Waals surface area contributed by atoms with Crippen molar-refractivity contribution in [3.63, 3.8) is 0 Å². The molecule has 3 aromatic rings. The lowest BCUT2D eigenvalue weighted by atomic mass is 10.3. The number of carbonyl (C=O) groups is 1. The third-order valence-electron chi connectivity index (χ3n) is 4.45. The number of aromatic amines is 1. The molecule has 1 heterocycles. The van der Waals surface area contributed by atoms with Crippen LogP contribution in [0, 0.1) is 0 Å². The molecule has 8 nitrogen and oxygen atoms in total. The highest BCUT2D eigenvalue weighted by Crippen LogP contribution is 2.26. The number of H-pyrrole nitrogens is 1. The van der Waals surface area contributed by atoms with Crippen molar-refractivity contribution in [3.8, 4) is 0 Å². The number of imidazole rings is 1. The van der Waals surface area contributed by atoms with Crippen LogP contribution in [0.1, 0.15) is 18.8 Å². The van der Waals surface area contributed by atoms with Crippen molar-refractivity contribution in [2.24, 2.45) is 0 Å². The first-order valence-electron chi connectivity index (χ1n) is 8.72. The standard InChI is InChI=1S/C19H23N5O3S/c1-13(18-21-14-9-5-6-10-15(14)22-18)20-19(25)24(4)16-11-7-8-12-17(16)28(26,27)23(2)3/h5-13H,1-4H3,(H,20,25)(H,21,22)/t13-/m0/s1. The lowest BCUT2D eigenvalue weighted by Gasteiger charge is -2.24. The van der Waals surface area contributed by atoms with E-state index in [0.717, 1.165) is 15.3 Å². The Bertz CT molecular complexity index is 1070. The van der Waals surface area contributed by atoms with Crippen LogP contribution in [0.15, 0.2) is 53.4 Å². The van der Waals surface area contributed by atoms with E-state index < -0.39 is 16.1 Å². The Hall–Kier alpha value is -2.91. The number of urea groups is 1. The zero-order valence-electron chi connectivity index (χ0n) is 16.2. The summed E-state index contributed by atoms with van der Waals surface area (Å²) in [7, 11) is 0.750. The Morgan fingerprint density at radius 1 is 1.07 bits per heavy atom. The molecule has 0 aliphatic carbocycles. The molecule has 28 heavy (non-hydrogen) atoms. The van der Waals surface area contributed by atoms with Crippen LogP contribution >= 0.6 is 0 Å². The van der Waals surface area contributed by atoms with E-state index in [1.54, 1.807) is 18.2 Å². The van der Waals surface area contributed by atoms with Gasteiger partial charge in [0, 0.05) is 21.1 Å². The van der Waals surface area contributed by atoms with Gasteiger partial charge in [0.2, 0.25) is 10.0 Å². The summed E-state index contributed by atoms with van der Waals surface area (Å²) in [4.78, 5) is 21.8. The summed E-state index contributed by atoms with van der Waals surface area (Å²) in [5, 5.41) is 2.85. The lowest BCUT2D eigenvalue weighted by molar-refractivity contribution is 0.244. The van der Waals surface area contributed by atoms with Crippen LogP contribution in [-0.4, -0.2) is 49.9 Å². The molecule has 148 valence electrons. The second-order valence-corrected chi connectivity index (χ2v) is 8.74. The van der Waals surface area contributed by atoms with E-state index in [1.807, 2.05) is 31.2 Å². The second kappa shape index (κ2) is 7.61. The zero-order chi connectivity index (χ0) is 20.5. The average Bonchev–Trinajstić information content (AvgIpc) is 3.11. The van der Waals surface area contributed by atoms with Crippen LogP contribution < -0.4 is 10.2 Å². The molecule has 9 heteroatoms. The molecule has 0 saturated carbocycles. The molecule has 0 bridgehead atoms. The van der Waals surface area contributed by atoms with Gasteiger partial charge in [-0.2, -0.15) is 0 Å². The fourth-order valence-corrected chi connectivity index (χ4v) is 3.90. The third-order valence-corrected chi connectivity index (χ3v) is 6.31. The van der Waals surface area contributed by atoms with Gasteiger partial charge in [-0.1, -0.05) is 24.3 Å². The van der Waals surface area contributed by atoms with Gasteiger partial charge in [-0.3, -0.25) is 4.90 Å². The van der Waals surface area contributed by atoms with Crippen molar-refractivity contribution >= 4 is 32.8 Å². The van der Waals surface area contributed by atoms with Crippen LogP contribution in [0.4, 0.5) is 10.5 Å². The van der Waals surface area contributed by atoms with E-state index in [1.165, 1.54) is 32.1 Å². The number of hydrogen-bond donors (Lipinski definition) is 2. The van der Waals surface area contributed by atoms with Crippen molar-refractivity contribution in [2.75, 3.05) is 26.0 Å². The Morgan fingerprint density at radius 2 is 1.71 bits per heavy atom. The second-order valence-electron chi connectivity index (χ2n) is 6.62. The first kappa shape index (κ1) is 19.8. The molecular weight excluding hydrogens is 378 g/mol. The van der Waals surface area contributed by atoms with Gasteiger partial charge in [0.05, 0.1) is 22.8 Å². The number of anilines is 1. The van der Waals surface area contributed by atoms with Gasteiger partial charge in [0.25, 0.3) is 0 Å². The summed E-state index contributed by atoms with van der Waals surface area (Å²) in [6, 6.07) is 13.2. The maximum Gasteiger partial charge on any atom is 0.322 e. The zero-order valence-corrected chi connectivity index (χ0v) is 17.0. The van der Waals surface area contributed by atoms with Crippen LogP contribution in [0.5, 0.6) is 0 Å². The molecule has 0 saturated heterocycles. The molecule has 2 amide bonds. The van der Waals surface area contributed by atoms with Crippen molar-refractivity contribution in [2.45, 2.75) is 17.9 Å². The van der Waals surface area contributed by atoms with Crippen molar-refractivity contribution in [3.05, 3.63) is 54.4 Å². The SMILES string of the molecule is C[C@H](NC(=O)N(C)c1ccccc1S(=O)(=O)N(C)C)c1nc2ccccc2[nH]1. The summed E-state index contributed by atoms with van der Waals surface area (Å²) < 4.78 is 26.3. The Kier molecular flexibility index (Phi) is 5.39. The average molecular weight is 401 g/mol. The summed E-state index contributed by atoms with van der Waals surface area (Å²) in [5.74, 6) is 0.622. The maximum atomic E-state index is 12.8. The summed E-state index contributed by atoms with van der Waals surface area (Å²) in [6.07, 6.45) is 0. The van der Waals surface area contributed by atoms with Gasteiger partial charge in [0.15, 0.2) is 0 Å². The number of hydrogen-bond acceptors (Lipinski definition) is 4. The summed E-state index contributed by atoms with van der Waals surface area (Å²) in [5.41, 5.74) is 1.99. The Labute approximate surface area is 164 Å². The number of rotatable bonds is 5. The first-order chi connectivity index (χ1) is 13.2. The number of benzene rings is 2. The number of sulfonamides is 1. The quantitative estimate of drug-likeness (QED) is 0.687. The molecule has 0 aliphatic rings. The van der Waals surface area contributed by atoms with E-state index in [2.05, 4.69) is 15.3 Å². The Morgan fingerprint density at radius 3 is 2.39 bits per heavy atom. The smallest absolute Gasteiger partial charge is 0.322 e. The van der Waals surface area contributed by atoms with Crippen LogP contribution in [0.25, 0.3) is 11.0 Å². The van der Waals surface area contributed by atoms with Crippen molar-refractivity contribution < 1.29 is 13.2 Å². The molecule has 0 aliphatic heterocycles. The maximum absolute atomic E-state index is 12.8. The molecule has 1 atom stereocenters. The van der Waals surface area contributed by atoms with Crippen LogP contribution in [0.3, 0.4) is 0 Å². The highest BCUT2D eigenvalue weighted by Gasteiger charge is 2.25. The number of fused-ring (bicyclic) bond motifs is 1. The normalized spacial score (nSPS) is 12.9. The predicted molar refractivity (Wildman–Crippen MR) is 109 cm³/mol. The topological polar surface area (TPSA) is 98.4 Å². The van der Waals surface area contributed by atoms with Crippen LogP contribution in [0.2, 0.25) is 0 Å². The number of para-hydroxylation sites is 3. The number of nitrogens with one attached hydrogen (secondary N) is 2. The van der Waals surface area contributed by atoms with Gasteiger partial charge >= 0.3 is 6.03 Å². The van der Waals surface area contributed by atoms with Crippen molar-refractivity contribution in [1.82, 2.24) is 19.6 Å². The summed E-state index contributed by atoms with van der Waals surface area (Å²) in [6.45, 7) is 1.81. The fraction of sp³-hybridized carbons (Fsp3) is 0.263. The monoisotopic (exact) mass is 401 g/mol. The largest absolute Gasteiger partial charge is 0.340 e. The van der Waals surface area contributed by atoms with E-state index in [0.29, 0.717) is 11.5 Å². The highest BCUT2D eigenvalue weighted by atomic mass is 32.2. The molecule has 1 aromatic heterocycles. The van der Waals surface area contributed by atoms with E-state index in [-0.39, 0.29) is 10.9 Å². The molecule has 0 unspecified atom stereocenters. The molecule has 0 fully saturated rings. The van der Waals surface area contributed by atoms with Gasteiger partial charge in [0.1, 0.15) is 10.7 Å². The molecular formula is C19H23N5O3S. The number of aromatic nitrogens is 2. The molecule has 0 radical (unpaired) electrons. The molecule has 0 spiro atoms. The molecule has 2 N–H and O–H groups in total. The molecule has 2 aromatic carbocycles. The minimum atomic E-state index is -3.69. The third kappa shape index (κ3) is 3.71. The summed E-state index contributed by atoms with van der Waals surface area (Å²) >= 11 is 0.